The fourth-order valence-electron chi connectivity index (χ4n) is 1.36. The molecule has 0 N–H and O–H groups in total. The lowest BCUT2D eigenvalue weighted by atomic mass is 10.2. The summed E-state index contributed by atoms with van der Waals surface area (Å²) in [5.74, 6) is 0.699. The number of nitriles is 1. The molecule has 0 aromatic carbocycles. The number of rotatable bonds is 2. The van der Waals surface area contributed by atoms with Gasteiger partial charge in [0.05, 0.1) is 12.5 Å². The van der Waals surface area contributed by atoms with Crippen LogP contribution in [0.25, 0.3) is 0 Å². The normalized spacial score (nSPS) is 23.9. The lowest BCUT2D eigenvalue weighted by Gasteiger charge is -1.87. The number of allylic oxidation sites excluding steroid dienone is 2. The molecule has 0 aromatic rings. The van der Waals surface area contributed by atoms with Crippen LogP contribution in [0.1, 0.15) is 26.7 Å². The molecular formula is C8H11N. The summed E-state index contributed by atoms with van der Waals surface area (Å²) >= 11 is 0. The van der Waals surface area contributed by atoms with Crippen molar-refractivity contribution in [3.8, 4) is 6.07 Å². The Morgan fingerprint density at radius 1 is 1.67 bits per heavy atom. The van der Waals surface area contributed by atoms with E-state index in [0.29, 0.717) is 12.3 Å². The van der Waals surface area contributed by atoms with Crippen LogP contribution in [0.3, 0.4) is 0 Å². The zero-order chi connectivity index (χ0) is 6.85. The van der Waals surface area contributed by atoms with Crippen molar-refractivity contribution >= 4 is 0 Å². The zero-order valence-corrected chi connectivity index (χ0v) is 5.94. The maximum atomic E-state index is 8.32. The molecule has 1 heteroatoms. The lowest BCUT2D eigenvalue weighted by molar-refractivity contribution is 0.804. The van der Waals surface area contributed by atoms with Crippen molar-refractivity contribution in [1.82, 2.24) is 0 Å². The highest BCUT2D eigenvalue weighted by Gasteiger charge is 2.29. The van der Waals surface area contributed by atoms with E-state index in [1.54, 1.807) is 0 Å². The van der Waals surface area contributed by atoms with Crippen molar-refractivity contribution in [2.75, 3.05) is 0 Å². The average Bonchev–Trinajstić information content (AvgIpc) is 2.44. The molecule has 0 fully saturated rings. The molecule has 48 valence electrons. The number of hydrogen-bond donors (Lipinski definition) is 0. The van der Waals surface area contributed by atoms with Crippen molar-refractivity contribution in [2.45, 2.75) is 26.7 Å². The lowest BCUT2D eigenvalue weighted by Crippen LogP contribution is -1.76. The van der Waals surface area contributed by atoms with Gasteiger partial charge in [0.25, 0.3) is 0 Å². The molecule has 9 heavy (non-hydrogen) atoms. The summed E-state index contributed by atoms with van der Waals surface area (Å²) in [5, 5.41) is 8.32. The molecular weight excluding hydrogens is 110 g/mol. The van der Waals surface area contributed by atoms with E-state index >= 15 is 0 Å². The van der Waals surface area contributed by atoms with Crippen LogP contribution in [0.5, 0.6) is 0 Å². The van der Waals surface area contributed by atoms with E-state index in [9.17, 15) is 0 Å². The zero-order valence-electron chi connectivity index (χ0n) is 5.94. The van der Waals surface area contributed by atoms with Crippen molar-refractivity contribution in [2.24, 2.45) is 5.92 Å². The summed E-state index contributed by atoms with van der Waals surface area (Å²) in [7, 11) is 0. The Labute approximate surface area is 56.0 Å². The highest BCUT2D eigenvalue weighted by molar-refractivity contribution is 5.40. The third-order valence-electron chi connectivity index (χ3n) is 2.04. The summed E-state index contributed by atoms with van der Waals surface area (Å²) in [6, 6.07) is 2.17. The van der Waals surface area contributed by atoms with Crippen molar-refractivity contribution in [3.05, 3.63) is 11.1 Å². The maximum absolute atomic E-state index is 8.32. The Morgan fingerprint density at radius 3 is 2.67 bits per heavy atom. The van der Waals surface area contributed by atoms with Crippen molar-refractivity contribution in [1.29, 1.82) is 5.26 Å². The van der Waals surface area contributed by atoms with Gasteiger partial charge in [-0.25, -0.2) is 0 Å². The first kappa shape index (κ1) is 6.35. The summed E-state index contributed by atoms with van der Waals surface area (Å²) in [5.41, 5.74) is 2.85. The standard InChI is InChI=1S/C8H11N/c1-3-7-6(2)8(7)4-5-9/h7H,3-4H2,1-2H3. The first-order valence-electron chi connectivity index (χ1n) is 3.37. The monoisotopic (exact) mass is 121 g/mol. The van der Waals surface area contributed by atoms with Crippen LogP contribution in [-0.2, 0) is 0 Å². The van der Waals surface area contributed by atoms with Crippen LogP contribution in [0.4, 0.5) is 0 Å². The minimum Gasteiger partial charge on any atom is -0.198 e. The second kappa shape index (κ2) is 2.23. The van der Waals surface area contributed by atoms with E-state index in [-0.39, 0.29) is 0 Å². The Bertz CT molecular complexity index is 183. The molecule has 0 amide bonds. The van der Waals surface area contributed by atoms with Crippen LogP contribution < -0.4 is 0 Å². The van der Waals surface area contributed by atoms with Gasteiger partial charge in [-0.3, -0.25) is 0 Å². The molecule has 1 atom stereocenters. The molecule has 0 spiro atoms. The van der Waals surface area contributed by atoms with E-state index in [1.165, 1.54) is 17.6 Å². The van der Waals surface area contributed by atoms with Gasteiger partial charge in [-0.15, -0.1) is 0 Å². The third-order valence-corrected chi connectivity index (χ3v) is 2.04. The summed E-state index contributed by atoms with van der Waals surface area (Å²) < 4.78 is 0. The van der Waals surface area contributed by atoms with E-state index in [2.05, 4.69) is 19.9 Å². The van der Waals surface area contributed by atoms with Gasteiger partial charge in [-0.05, 0) is 18.9 Å². The highest BCUT2D eigenvalue weighted by atomic mass is 14.4. The number of nitrogens with zero attached hydrogens (tertiary/aromatic N) is 1. The second-order valence-electron chi connectivity index (χ2n) is 2.50. The van der Waals surface area contributed by atoms with Gasteiger partial charge in [0, 0.05) is 5.92 Å². The van der Waals surface area contributed by atoms with Gasteiger partial charge >= 0.3 is 0 Å². The molecule has 1 aliphatic carbocycles. The summed E-state index contributed by atoms with van der Waals surface area (Å²) in [4.78, 5) is 0. The van der Waals surface area contributed by atoms with Crippen LogP contribution in [0.2, 0.25) is 0 Å². The van der Waals surface area contributed by atoms with Gasteiger partial charge in [0.15, 0.2) is 0 Å². The highest BCUT2D eigenvalue weighted by Crippen LogP contribution is 2.42. The topological polar surface area (TPSA) is 23.8 Å². The summed E-state index contributed by atoms with van der Waals surface area (Å²) in [6.45, 7) is 4.29. The van der Waals surface area contributed by atoms with Crippen LogP contribution in [0, 0.1) is 17.2 Å². The molecule has 0 saturated carbocycles. The first-order valence-corrected chi connectivity index (χ1v) is 3.37. The van der Waals surface area contributed by atoms with Gasteiger partial charge in [0.1, 0.15) is 0 Å². The predicted octanol–water partition coefficient (Wildman–Crippen LogP) is 2.26. The van der Waals surface area contributed by atoms with Gasteiger partial charge in [-0.2, -0.15) is 5.26 Å². The van der Waals surface area contributed by atoms with E-state index in [0.717, 1.165) is 0 Å². The average molecular weight is 121 g/mol. The molecule has 0 radical (unpaired) electrons. The van der Waals surface area contributed by atoms with Crippen LogP contribution >= 0.6 is 0 Å². The Hall–Kier alpha value is -0.770. The quantitative estimate of drug-likeness (QED) is 0.514. The van der Waals surface area contributed by atoms with Crippen LogP contribution in [-0.4, -0.2) is 0 Å². The van der Waals surface area contributed by atoms with Gasteiger partial charge in [0.2, 0.25) is 0 Å². The van der Waals surface area contributed by atoms with Crippen molar-refractivity contribution in [3.63, 3.8) is 0 Å². The molecule has 0 saturated heterocycles. The SMILES string of the molecule is CCC1C(C)=C1CC#N. The van der Waals surface area contributed by atoms with E-state index < -0.39 is 0 Å². The molecule has 0 bridgehead atoms. The second-order valence-corrected chi connectivity index (χ2v) is 2.50. The predicted molar refractivity (Wildman–Crippen MR) is 36.7 cm³/mol. The largest absolute Gasteiger partial charge is 0.198 e. The molecule has 1 aliphatic rings. The van der Waals surface area contributed by atoms with E-state index in [1.807, 2.05) is 0 Å². The van der Waals surface area contributed by atoms with Crippen molar-refractivity contribution < 1.29 is 0 Å². The fraction of sp³-hybridized carbons (Fsp3) is 0.625. The van der Waals surface area contributed by atoms with E-state index in [4.69, 9.17) is 5.26 Å². The molecule has 1 rings (SSSR count). The van der Waals surface area contributed by atoms with Gasteiger partial charge < -0.3 is 0 Å². The Balaban J connectivity index is 2.39. The molecule has 0 heterocycles. The molecule has 0 aliphatic heterocycles. The molecule has 1 unspecified atom stereocenters. The van der Waals surface area contributed by atoms with Gasteiger partial charge in [-0.1, -0.05) is 12.5 Å². The fourth-order valence-corrected chi connectivity index (χ4v) is 1.36. The maximum Gasteiger partial charge on any atom is 0.0666 e. The minimum absolute atomic E-state index is 0.657. The Kier molecular flexibility index (Phi) is 1.57. The smallest absolute Gasteiger partial charge is 0.0666 e. The molecule has 0 aromatic heterocycles. The van der Waals surface area contributed by atoms with Crippen LogP contribution in [0.15, 0.2) is 11.1 Å². The summed E-state index contributed by atoms with van der Waals surface area (Å²) in [6.07, 6.45) is 1.84. The Morgan fingerprint density at radius 2 is 2.33 bits per heavy atom. The molecule has 1 nitrogen and oxygen atoms in total. The number of hydrogen-bond acceptors (Lipinski definition) is 1. The first-order chi connectivity index (χ1) is 4.31. The minimum atomic E-state index is 0.657. The third kappa shape index (κ3) is 0.977.